The fraction of sp³-hybridized carbons (Fsp3) is 0. The number of hydrogen-bond acceptors (Lipinski definition) is 1. The Labute approximate surface area is 102 Å². The Hall–Kier alpha value is -2.42. The number of carbonyl (C=O) groups excluding carboxylic acids is 1. The van der Waals surface area contributed by atoms with Crippen molar-refractivity contribution < 1.29 is 9.18 Å². The molecular weight excluding hydrogens is 229 g/mol. The van der Waals surface area contributed by atoms with E-state index in [1.807, 2.05) is 28.8 Å². The fourth-order valence-electron chi connectivity index (χ4n) is 2.60. The van der Waals surface area contributed by atoms with Gasteiger partial charge in [0.2, 0.25) is 5.78 Å². The first kappa shape index (κ1) is 9.59. The lowest BCUT2D eigenvalue weighted by Crippen LogP contribution is -1.94. The van der Waals surface area contributed by atoms with E-state index < -0.39 is 0 Å². The molecule has 3 aromatic rings. The van der Waals surface area contributed by atoms with Gasteiger partial charge in [0, 0.05) is 10.9 Å². The molecular formula is C15H8FNO. The average molecular weight is 237 g/mol. The van der Waals surface area contributed by atoms with Gasteiger partial charge in [-0.2, -0.15) is 0 Å². The number of para-hydroxylation sites is 1. The van der Waals surface area contributed by atoms with Crippen LogP contribution >= 0.6 is 0 Å². The zero-order valence-electron chi connectivity index (χ0n) is 9.35. The van der Waals surface area contributed by atoms with Crippen molar-refractivity contribution in [1.29, 1.82) is 0 Å². The molecule has 1 aliphatic rings. The van der Waals surface area contributed by atoms with Crippen molar-refractivity contribution in [2.75, 3.05) is 0 Å². The summed E-state index contributed by atoms with van der Waals surface area (Å²) in [5.41, 5.74) is 2.86. The number of fused-ring (bicyclic) bond motifs is 5. The lowest BCUT2D eigenvalue weighted by Gasteiger charge is -2.03. The molecule has 0 bridgehead atoms. The van der Waals surface area contributed by atoms with Crippen LogP contribution in [0.15, 0.2) is 48.5 Å². The fourth-order valence-corrected chi connectivity index (χ4v) is 2.60. The number of carbonyl (C=O) groups is 1. The van der Waals surface area contributed by atoms with Crippen LogP contribution in [0.4, 0.5) is 4.39 Å². The van der Waals surface area contributed by atoms with Gasteiger partial charge in [0.05, 0.1) is 16.9 Å². The van der Waals surface area contributed by atoms with Crippen molar-refractivity contribution in [2.24, 2.45) is 0 Å². The topological polar surface area (TPSA) is 22.0 Å². The Morgan fingerprint density at radius 1 is 1.00 bits per heavy atom. The molecule has 0 radical (unpaired) electrons. The summed E-state index contributed by atoms with van der Waals surface area (Å²) in [6.45, 7) is 0. The van der Waals surface area contributed by atoms with Gasteiger partial charge < -0.3 is 4.57 Å². The minimum atomic E-state index is -0.291. The van der Waals surface area contributed by atoms with Gasteiger partial charge in [-0.3, -0.25) is 4.79 Å². The quantitative estimate of drug-likeness (QED) is 0.460. The Kier molecular flexibility index (Phi) is 1.64. The third kappa shape index (κ3) is 1.03. The molecule has 2 aromatic carbocycles. The molecule has 1 aromatic heterocycles. The first-order valence-corrected chi connectivity index (χ1v) is 5.71. The second-order valence-corrected chi connectivity index (χ2v) is 4.41. The Bertz CT molecular complexity index is 816. The minimum Gasteiger partial charge on any atom is -0.305 e. The molecule has 3 heteroatoms. The van der Waals surface area contributed by atoms with Crippen LogP contribution in [0.1, 0.15) is 16.1 Å². The summed E-state index contributed by atoms with van der Waals surface area (Å²) < 4.78 is 15.2. The predicted octanol–water partition coefficient (Wildman–Crippen LogP) is 3.31. The van der Waals surface area contributed by atoms with E-state index in [9.17, 15) is 9.18 Å². The molecule has 0 N–H and O–H groups in total. The van der Waals surface area contributed by atoms with Gasteiger partial charge in [0.25, 0.3) is 0 Å². The highest BCUT2D eigenvalue weighted by Crippen LogP contribution is 2.34. The zero-order chi connectivity index (χ0) is 12.3. The highest BCUT2D eigenvalue weighted by molar-refractivity contribution is 6.16. The molecule has 0 saturated heterocycles. The summed E-state index contributed by atoms with van der Waals surface area (Å²) in [6.07, 6.45) is 0. The van der Waals surface area contributed by atoms with Gasteiger partial charge in [-0.05, 0) is 36.4 Å². The van der Waals surface area contributed by atoms with Crippen molar-refractivity contribution in [3.05, 3.63) is 65.6 Å². The van der Waals surface area contributed by atoms with E-state index in [0.717, 1.165) is 16.6 Å². The molecule has 18 heavy (non-hydrogen) atoms. The van der Waals surface area contributed by atoms with Gasteiger partial charge in [0.15, 0.2) is 0 Å². The van der Waals surface area contributed by atoms with E-state index in [-0.39, 0.29) is 11.6 Å². The SMILES string of the molecule is O=C1c2ccccc2-n2c1cc1ccc(F)cc12. The van der Waals surface area contributed by atoms with Crippen LogP contribution in [0.25, 0.3) is 16.6 Å². The largest absolute Gasteiger partial charge is 0.305 e. The number of rotatable bonds is 0. The second kappa shape index (κ2) is 3.07. The van der Waals surface area contributed by atoms with Crippen LogP contribution in [0.2, 0.25) is 0 Å². The first-order chi connectivity index (χ1) is 8.75. The molecule has 0 fully saturated rings. The number of nitrogens with zero attached hydrogens (tertiary/aromatic N) is 1. The summed E-state index contributed by atoms with van der Waals surface area (Å²) in [4.78, 5) is 12.2. The lowest BCUT2D eigenvalue weighted by atomic mass is 10.1. The summed E-state index contributed by atoms with van der Waals surface area (Å²) in [5, 5.41) is 0.884. The molecule has 0 saturated carbocycles. The first-order valence-electron chi connectivity index (χ1n) is 5.71. The van der Waals surface area contributed by atoms with E-state index >= 15 is 0 Å². The Balaban J connectivity index is 2.19. The maximum atomic E-state index is 13.4. The molecule has 1 aliphatic heterocycles. The van der Waals surface area contributed by atoms with Gasteiger partial charge in [-0.15, -0.1) is 0 Å². The summed E-state index contributed by atoms with van der Waals surface area (Å²) >= 11 is 0. The molecule has 0 amide bonds. The smallest absolute Gasteiger partial charge is 0.211 e. The summed E-state index contributed by atoms with van der Waals surface area (Å²) in [7, 11) is 0. The standard InChI is InChI=1S/C15H8FNO/c16-10-6-5-9-7-14-15(18)11-3-1-2-4-12(11)17(14)13(9)8-10/h1-8H. The van der Waals surface area contributed by atoms with Crippen LogP contribution in [-0.4, -0.2) is 10.4 Å². The van der Waals surface area contributed by atoms with Crippen LogP contribution in [0, 0.1) is 5.82 Å². The zero-order valence-corrected chi connectivity index (χ0v) is 9.35. The average Bonchev–Trinajstić information content (AvgIpc) is 2.87. The van der Waals surface area contributed by atoms with Crippen molar-refractivity contribution in [3.8, 4) is 5.69 Å². The van der Waals surface area contributed by atoms with Crippen LogP contribution < -0.4 is 0 Å². The molecule has 4 rings (SSSR count). The summed E-state index contributed by atoms with van der Waals surface area (Å²) in [5.74, 6) is -0.289. The van der Waals surface area contributed by atoms with Crippen LogP contribution in [-0.2, 0) is 0 Å². The number of hydrogen-bond donors (Lipinski definition) is 0. The molecule has 0 unspecified atom stereocenters. The van der Waals surface area contributed by atoms with E-state index in [2.05, 4.69) is 0 Å². The van der Waals surface area contributed by atoms with E-state index in [1.165, 1.54) is 12.1 Å². The minimum absolute atomic E-state index is 0.00204. The molecule has 0 spiro atoms. The number of ketones is 1. The molecule has 86 valence electrons. The third-order valence-corrected chi connectivity index (χ3v) is 3.39. The monoisotopic (exact) mass is 237 g/mol. The van der Waals surface area contributed by atoms with Gasteiger partial charge in [-0.1, -0.05) is 12.1 Å². The number of aromatic nitrogens is 1. The van der Waals surface area contributed by atoms with E-state index in [0.29, 0.717) is 11.3 Å². The van der Waals surface area contributed by atoms with Gasteiger partial charge in [0.1, 0.15) is 5.82 Å². The molecule has 0 atom stereocenters. The number of benzene rings is 2. The predicted molar refractivity (Wildman–Crippen MR) is 66.7 cm³/mol. The normalized spacial score (nSPS) is 12.8. The van der Waals surface area contributed by atoms with Crippen molar-refractivity contribution >= 4 is 16.7 Å². The second-order valence-electron chi connectivity index (χ2n) is 4.41. The van der Waals surface area contributed by atoms with Crippen molar-refractivity contribution in [2.45, 2.75) is 0 Å². The maximum Gasteiger partial charge on any atom is 0.211 e. The molecule has 0 aliphatic carbocycles. The van der Waals surface area contributed by atoms with Gasteiger partial charge in [-0.25, -0.2) is 4.39 Å². The highest BCUT2D eigenvalue weighted by Gasteiger charge is 2.28. The van der Waals surface area contributed by atoms with Crippen LogP contribution in [0.5, 0.6) is 0 Å². The lowest BCUT2D eigenvalue weighted by molar-refractivity contribution is 0.104. The van der Waals surface area contributed by atoms with Crippen LogP contribution in [0.3, 0.4) is 0 Å². The maximum absolute atomic E-state index is 13.4. The van der Waals surface area contributed by atoms with Crippen molar-refractivity contribution in [1.82, 2.24) is 4.57 Å². The van der Waals surface area contributed by atoms with Gasteiger partial charge >= 0.3 is 0 Å². The van der Waals surface area contributed by atoms with E-state index in [1.54, 1.807) is 12.1 Å². The number of halogens is 1. The molecule has 2 nitrogen and oxygen atoms in total. The molecule has 2 heterocycles. The Morgan fingerprint density at radius 2 is 1.83 bits per heavy atom. The van der Waals surface area contributed by atoms with E-state index in [4.69, 9.17) is 0 Å². The highest BCUT2D eigenvalue weighted by atomic mass is 19.1. The van der Waals surface area contributed by atoms with Crippen molar-refractivity contribution in [3.63, 3.8) is 0 Å². The summed E-state index contributed by atoms with van der Waals surface area (Å²) in [6, 6.07) is 13.8. The third-order valence-electron chi connectivity index (χ3n) is 3.39. The Morgan fingerprint density at radius 3 is 2.72 bits per heavy atom.